The van der Waals surface area contributed by atoms with Crippen LogP contribution in [0.1, 0.15) is 12.0 Å². The molecule has 1 aromatic rings. The van der Waals surface area contributed by atoms with Crippen LogP contribution in [0.3, 0.4) is 0 Å². The van der Waals surface area contributed by atoms with E-state index in [2.05, 4.69) is 0 Å². The third kappa shape index (κ3) is 4.31. The molecule has 0 aliphatic heterocycles. The highest BCUT2D eigenvalue weighted by atomic mass is 32.2. The van der Waals surface area contributed by atoms with Crippen LogP contribution in [0.5, 0.6) is 5.75 Å². The monoisotopic (exact) mass is 229 g/mol. The highest BCUT2D eigenvalue weighted by Crippen LogP contribution is 2.18. The molecule has 0 N–H and O–H groups in total. The van der Waals surface area contributed by atoms with Gasteiger partial charge in [0.25, 0.3) is 0 Å². The Bertz CT molecular complexity index is 411. The molecule has 0 amide bonds. The normalized spacial score (nSPS) is 11.3. The van der Waals surface area contributed by atoms with Crippen molar-refractivity contribution in [1.29, 1.82) is 0 Å². The Morgan fingerprint density at radius 1 is 1.33 bits per heavy atom. The van der Waals surface area contributed by atoms with Gasteiger partial charge in [-0.05, 0) is 24.5 Å². The molecule has 1 aromatic carbocycles. The van der Waals surface area contributed by atoms with E-state index in [0.29, 0.717) is 12.8 Å². The first-order chi connectivity index (χ1) is 7.03. The van der Waals surface area contributed by atoms with E-state index in [-0.39, 0.29) is 5.75 Å². The summed E-state index contributed by atoms with van der Waals surface area (Å²) in [6.07, 6.45) is 0.859. The predicted octanol–water partition coefficient (Wildman–Crippen LogP) is 1.17. The molecule has 0 fully saturated rings. The maximum atomic E-state index is 10.4. The Morgan fingerprint density at radius 2 is 2.00 bits per heavy atom. The molecule has 0 bridgehead atoms. The summed E-state index contributed by atoms with van der Waals surface area (Å²) in [4.78, 5) is 0. The van der Waals surface area contributed by atoms with Crippen LogP contribution in [-0.2, 0) is 16.5 Å². The van der Waals surface area contributed by atoms with Crippen LogP contribution in [0.25, 0.3) is 0 Å². The van der Waals surface area contributed by atoms with Gasteiger partial charge >= 0.3 is 0 Å². The number of rotatable bonds is 5. The summed E-state index contributed by atoms with van der Waals surface area (Å²) in [5.74, 6) is 0.395. The first kappa shape index (κ1) is 12.0. The van der Waals surface area contributed by atoms with Crippen molar-refractivity contribution < 1.29 is 17.7 Å². The molecule has 0 atom stereocenters. The van der Waals surface area contributed by atoms with Crippen LogP contribution < -0.4 is 4.74 Å². The minimum Gasteiger partial charge on any atom is -0.748 e. The van der Waals surface area contributed by atoms with Gasteiger partial charge in [-0.1, -0.05) is 18.2 Å². The lowest BCUT2D eigenvalue weighted by Crippen LogP contribution is -2.05. The van der Waals surface area contributed by atoms with Crippen LogP contribution >= 0.6 is 0 Å². The Hall–Kier alpha value is -1.07. The Morgan fingerprint density at radius 3 is 2.60 bits per heavy atom. The van der Waals surface area contributed by atoms with Gasteiger partial charge in [-0.3, -0.25) is 0 Å². The van der Waals surface area contributed by atoms with Crippen molar-refractivity contribution in [2.45, 2.75) is 12.8 Å². The number of methoxy groups -OCH3 is 1. The summed E-state index contributed by atoms with van der Waals surface area (Å²) in [6, 6.07) is 7.35. The molecule has 0 aliphatic rings. The van der Waals surface area contributed by atoms with E-state index in [1.165, 1.54) is 0 Å². The van der Waals surface area contributed by atoms with E-state index < -0.39 is 10.1 Å². The molecule has 0 unspecified atom stereocenters. The molecular weight excluding hydrogens is 216 g/mol. The van der Waals surface area contributed by atoms with Crippen molar-refractivity contribution in [2.75, 3.05) is 12.9 Å². The van der Waals surface area contributed by atoms with Gasteiger partial charge in [-0.25, -0.2) is 8.42 Å². The zero-order valence-corrected chi connectivity index (χ0v) is 9.29. The first-order valence-corrected chi connectivity index (χ1v) is 6.16. The minimum atomic E-state index is -4.10. The van der Waals surface area contributed by atoms with Crippen LogP contribution in [0.2, 0.25) is 0 Å². The quantitative estimate of drug-likeness (QED) is 0.711. The van der Waals surface area contributed by atoms with E-state index >= 15 is 0 Å². The summed E-state index contributed by atoms with van der Waals surface area (Å²) in [7, 11) is -2.55. The summed E-state index contributed by atoms with van der Waals surface area (Å²) < 4.78 is 36.3. The maximum absolute atomic E-state index is 10.4. The number of aryl methyl sites for hydroxylation is 1. The highest BCUT2D eigenvalue weighted by Gasteiger charge is 2.02. The predicted molar refractivity (Wildman–Crippen MR) is 55.9 cm³/mol. The molecule has 0 saturated heterocycles. The number of hydrogen-bond acceptors (Lipinski definition) is 4. The standard InChI is InChI=1S/C10H14O4S/c1-14-10-7-3-2-5-9(10)6-4-8-15(11,12)13/h2-3,5,7H,4,6,8H2,1H3,(H,11,12,13)/p-1. The van der Waals surface area contributed by atoms with Gasteiger partial charge in [0, 0.05) is 5.75 Å². The average Bonchev–Trinajstić information content (AvgIpc) is 2.16. The van der Waals surface area contributed by atoms with Crippen molar-refractivity contribution in [3.05, 3.63) is 29.8 Å². The van der Waals surface area contributed by atoms with Gasteiger partial charge in [-0.2, -0.15) is 0 Å². The molecule has 0 aliphatic carbocycles. The summed E-state index contributed by atoms with van der Waals surface area (Å²) >= 11 is 0. The fourth-order valence-electron chi connectivity index (χ4n) is 1.35. The van der Waals surface area contributed by atoms with E-state index in [1.54, 1.807) is 13.2 Å². The van der Waals surface area contributed by atoms with Crippen molar-refractivity contribution in [2.24, 2.45) is 0 Å². The number of hydrogen-bond donors (Lipinski definition) is 0. The maximum Gasteiger partial charge on any atom is 0.122 e. The Kier molecular flexibility index (Phi) is 4.11. The molecule has 5 heteroatoms. The van der Waals surface area contributed by atoms with Gasteiger partial charge < -0.3 is 9.29 Å². The SMILES string of the molecule is COc1ccccc1CCCS(=O)(=O)[O-]. The summed E-state index contributed by atoms with van der Waals surface area (Å²) in [5.41, 5.74) is 0.920. The van der Waals surface area contributed by atoms with Gasteiger partial charge in [0.05, 0.1) is 17.2 Å². The molecule has 15 heavy (non-hydrogen) atoms. The van der Waals surface area contributed by atoms with E-state index in [9.17, 15) is 13.0 Å². The molecule has 0 heterocycles. The van der Waals surface area contributed by atoms with E-state index in [4.69, 9.17) is 4.74 Å². The summed E-state index contributed by atoms with van der Waals surface area (Å²) in [6.45, 7) is 0. The fourth-order valence-corrected chi connectivity index (χ4v) is 1.85. The molecular formula is C10H13O4S-. The van der Waals surface area contributed by atoms with Crippen LogP contribution in [-0.4, -0.2) is 25.8 Å². The van der Waals surface area contributed by atoms with Crippen molar-refractivity contribution >= 4 is 10.1 Å². The van der Waals surface area contributed by atoms with Gasteiger partial charge in [-0.15, -0.1) is 0 Å². The van der Waals surface area contributed by atoms with Gasteiger partial charge in [0.15, 0.2) is 0 Å². The molecule has 0 radical (unpaired) electrons. The second kappa shape index (κ2) is 5.14. The Balaban J connectivity index is 2.58. The molecule has 1 rings (SSSR count). The third-order valence-electron chi connectivity index (χ3n) is 2.03. The van der Waals surface area contributed by atoms with Crippen LogP contribution in [0.4, 0.5) is 0 Å². The van der Waals surface area contributed by atoms with E-state index in [1.807, 2.05) is 18.2 Å². The molecule has 0 aromatic heterocycles. The fraction of sp³-hybridized carbons (Fsp3) is 0.400. The van der Waals surface area contributed by atoms with E-state index in [0.717, 1.165) is 11.3 Å². The number of benzene rings is 1. The third-order valence-corrected chi connectivity index (χ3v) is 2.82. The van der Waals surface area contributed by atoms with Crippen LogP contribution in [0, 0.1) is 0 Å². The highest BCUT2D eigenvalue weighted by molar-refractivity contribution is 7.85. The topological polar surface area (TPSA) is 66.4 Å². The molecule has 84 valence electrons. The molecule has 0 saturated carbocycles. The molecule has 0 spiro atoms. The lowest BCUT2D eigenvalue weighted by atomic mass is 10.1. The lowest BCUT2D eigenvalue weighted by Gasteiger charge is -2.09. The largest absolute Gasteiger partial charge is 0.748 e. The second-order valence-corrected chi connectivity index (χ2v) is 4.70. The van der Waals surface area contributed by atoms with Crippen molar-refractivity contribution in [3.63, 3.8) is 0 Å². The average molecular weight is 229 g/mol. The molecule has 4 nitrogen and oxygen atoms in total. The Labute approximate surface area is 89.6 Å². The number of ether oxygens (including phenoxy) is 1. The second-order valence-electron chi connectivity index (χ2n) is 3.18. The van der Waals surface area contributed by atoms with Crippen molar-refractivity contribution in [3.8, 4) is 5.75 Å². The van der Waals surface area contributed by atoms with Crippen LogP contribution in [0.15, 0.2) is 24.3 Å². The smallest absolute Gasteiger partial charge is 0.122 e. The summed E-state index contributed by atoms with van der Waals surface area (Å²) in [5, 5.41) is 0. The zero-order valence-electron chi connectivity index (χ0n) is 8.47. The zero-order chi connectivity index (χ0) is 11.3. The minimum absolute atomic E-state index is 0.326. The van der Waals surface area contributed by atoms with Gasteiger partial charge in [0.2, 0.25) is 0 Å². The lowest BCUT2D eigenvalue weighted by molar-refractivity contribution is 0.409. The van der Waals surface area contributed by atoms with Crippen molar-refractivity contribution in [1.82, 2.24) is 0 Å². The van der Waals surface area contributed by atoms with Gasteiger partial charge in [0.1, 0.15) is 5.75 Å². The first-order valence-electron chi connectivity index (χ1n) is 4.58. The number of para-hydroxylation sites is 1.